The van der Waals surface area contributed by atoms with Crippen molar-refractivity contribution in [2.45, 2.75) is 12.8 Å². The number of hydrogen-bond acceptors (Lipinski definition) is 2. The normalized spacial score (nSPS) is 21.3. The van der Waals surface area contributed by atoms with Gasteiger partial charge in [-0.1, -0.05) is 35.9 Å². The summed E-state index contributed by atoms with van der Waals surface area (Å²) in [7, 11) is 1.59. The van der Waals surface area contributed by atoms with Gasteiger partial charge in [0.1, 0.15) is 0 Å². The van der Waals surface area contributed by atoms with Crippen LogP contribution >= 0.6 is 11.6 Å². The minimum absolute atomic E-state index is 0.103. The second-order valence-electron chi connectivity index (χ2n) is 4.74. The Bertz CT molecular complexity index is 542. The van der Waals surface area contributed by atoms with E-state index in [0.717, 1.165) is 0 Å². The van der Waals surface area contributed by atoms with Gasteiger partial charge < -0.3 is 10.6 Å². The maximum Gasteiger partial charge on any atom is 0.228 e. The molecule has 0 bridgehead atoms. The number of carbonyl (C=O) groups is 2. The highest BCUT2D eigenvalue weighted by atomic mass is 35.5. The third kappa shape index (κ3) is 3.20. The molecule has 1 aliphatic carbocycles. The highest BCUT2D eigenvalue weighted by Gasteiger charge is 2.33. The van der Waals surface area contributed by atoms with Crippen LogP contribution < -0.4 is 10.6 Å². The minimum atomic E-state index is -0.365. The Balaban J connectivity index is 2.13. The molecule has 2 rings (SSSR count). The summed E-state index contributed by atoms with van der Waals surface area (Å²) in [6.07, 6.45) is 5.03. The van der Waals surface area contributed by atoms with E-state index in [1.165, 1.54) is 0 Å². The number of benzene rings is 1. The van der Waals surface area contributed by atoms with Gasteiger partial charge in [0.2, 0.25) is 11.8 Å². The molecule has 0 fully saturated rings. The highest BCUT2D eigenvalue weighted by molar-refractivity contribution is 6.33. The third-order valence-corrected chi connectivity index (χ3v) is 3.81. The van der Waals surface area contributed by atoms with E-state index in [-0.39, 0.29) is 23.7 Å². The SMILES string of the molecule is CNC(=O)C1CC=CCC1C(=O)Nc1ccccc1Cl. The topological polar surface area (TPSA) is 58.2 Å². The summed E-state index contributed by atoms with van der Waals surface area (Å²) >= 11 is 6.03. The minimum Gasteiger partial charge on any atom is -0.359 e. The number of rotatable bonds is 3. The highest BCUT2D eigenvalue weighted by Crippen LogP contribution is 2.28. The molecule has 20 heavy (non-hydrogen) atoms. The first-order valence-corrected chi connectivity index (χ1v) is 6.93. The van der Waals surface area contributed by atoms with Crippen LogP contribution in [0.3, 0.4) is 0 Å². The fraction of sp³-hybridized carbons (Fsp3) is 0.333. The summed E-state index contributed by atoms with van der Waals surface area (Å²) in [5.41, 5.74) is 0.573. The van der Waals surface area contributed by atoms with E-state index in [9.17, 15) is 9.59 Å². The molecule has 2 unspecified atom stereocenters. The molecule has 0 aliphatic heterocycles. The molecular formula is C15H17ClN2O2. The Kier molecular flexibility index (Phi) is 4.79. The molecule has 2 N–H and O–H groups in total. The van der Waals surface area contributed by atoms with E-state index in [1.54, 1.807) is 31.3 Å². The van der Waals surface area contributed by atoms with Crippen LogP contribution in [0.4, 0.5) is 5.69 Å². The lowest BCUT2D eigenvalue weighted by atomic mass is 9.81. The van der Waals surface area contributed by atoms with E-state index < -0.39 is 0 Å². The second-order valence-corrected chi connectivity index (χ2v) is 5.15. The van der Waals surface area contributed by atoms with Gasteiger partial charge in [0.15, 0.2) is 0 Å². The van der Waals surface area contributed by atoms with Crippen molar-refractivity contribution in [1.82, 2.24) is 5.32 Å². The molecule has 2 amide bonds. The molecule has 5 heteroatoms. The smallest absolute Gasteiger partial charge is 0.228 e. The van der Waals surface area contributed by atoms with Gasteiger partial charge in [-0.2, -0.15) is 0 Å². The maximum atomic E-state index is 12.4. The summed E-state index contributed by atoms with van der Waals surface area (Å²) < 4.78 is 0. The van der Waals surface area contributed by atoms with E-state index in [4.69, 9.17) is 11.6 Å². The van der Waals surface area contributed by atoms with Crippen molar-refractivity contribution < 1.29 is 9.59 Å². The molecule has 4 nitrogen and oxygen atoms in total. The monoisotopic (exact) mass is 292 g/mol. The summed E-state index contributed by atoms with van der Waals surface area (Å²) in [5.74, 6) is -0.964. The van der Waals surface area contributed by atoms with Gasteiger partial charge in [-0.15, -0.1) is 0 Å². The van der Waals surface area contributed by atoms with Crippen molar-refractivity contribution in [3.8, 4) is 0 Å². The van der Waals surface area contributed by atoms with Gasteiger partial charge >= 0.3 is 0 Å². The zero-order valence-electron chi connectivity index (χ0n) is 11.2. The van der Waals surface area contributed by atoms with Crippen LogP contribution in [0.2, 0.25) is 5.02 Å². The average Bonchev–Trinajstić information content (AvgIpc) is 2.48. The van der Waals surface area contributed by atoms with Crippen LogP contribution in [0.5, 0.6) is 0 Å². The molecule has 0 spiro atoms. The molecule has 0 heterocycles. The summed E-state index contributed by atoms with van der Waals surface area (Å²) in [6, 6.07) is 7.06. The van der Waals surface area contributed by atoms with Crippen LogP contribution in [0, 0.1) is 11.8 Å². The lowest BCUT2D eigenvalue weighted by molar-refractivity contribution is -0.132. The molecule has 1 aromatic rings. The summed E-state index contributed by atoms with van der Waals surface area (Å²) in [4.78, 5) is 24.2. The first-order chi connectivity index (χ1) is 9.63. The first-order valence-electron chi connectivity index (χ1n) is 6.55. The molecule has 1 aromatic carbocycles. The van der Waals surface area contributed by atoms with Crippen LogP contribution in [0.25, 0.3) is 0 Å². The van der Waals surface area contributed by atoms with Gasteiger partial charge in [0.05, 0.1) is 22.5 Å². The molecular weight excluding hydrogens is 276 g/mol. The van der Waals surface area contributed by atoms with Crippen LogP contribution in [-0.4, -0.2) is 18.9 Å². The molecule has 0 saturated heterocycles. The average molecular weight is 293 g/mol. The lowest BCUT2D eigenvalue weighted by Crippen LogP contribution is -2.39. The van der Waals surface area contributed by atoms with Gasteiger partial charge in [-0.25, -0.2) is 0 Å². The number of halogens is 1. The Morgan fingerprint density at radius 1 is 1.10 bits per heavy atom. The van der Waals surface area contributed by atoms with Crippen molar-refractivity contribution >= 4 is 29.1 Å². The van der Waals surface area contributed by atoms with Gasteiger partial charge in [0.25, 0.3) is 0 Å². The van der Waals surface area contributed by atoms with E-state index in [1.807, 2.05) is 12.2 Å². The lowest BCUT2D eigenvalue weighted by Gasteiger charge is -2.26. The predicted octanol–water partition coefficient (Wildman–Crippen LogP) is 2.61. The third-order valence-electron chi connectivity index (χ3n) is 3.48. The number of allylic oxidation sites excluding steroid dienone is 2. The largest absolute Gasteiger partial charge is 0.359 e. The number of hydrogen-bond donors (Lipinski definition) is 2. The second kappa shape index (κ2) is 6.57. The number of para-hydroxylation sites is 1. The molecule has 1 aliphatic rings. The molecule has 106 valence electrons. The zero-order chi connectivity index (χ0) is 14.5. The number of carbonyl (C=O) groups excluding carboxylic acids is 2. The number of anilines is 1. The van der Waals surface area contributed by atoms with Crippen LogP contribution in [0.15, 0.2) is 36.4 Å². The van der Waals surface area contributed by atoms with Crippen molar-refractivity contribution in [3.63, 3.8) is 0 Å². The Labute approximate surface area is 123 Å². The van der Waals surface area contributed by atoms with E-state index in [2.05, 4.69) is 10.6 Å². The number of amides is 2. The molecule has 2 atom stereocenters. The standard InChI is InChI=1S/C15H17ClN2O2/c1-17-14(19)10-6-2-3-7-11(10)15(20)18-13-9-5-4-8-12(13)16/h2-5,8-11H,6-7H2,1H3,(H,17,19)(H,18,20). The van der Waals surface area contributed by atoms with Crippen LogP contribution in [-0.2, 0) is 9.59 Å². The van der Waals surface area contributed by atoms with Gasteiger partial charge in [0, 0.05) is 7.05 Å². The molecule has 0 aromatic heterocycles. The summed E-state index contributed by atoms with van der Waals surface area (Å²) in [5, 5.41) is 5.91. The maximum absolute atomic E-state index is 12.4. The fourth-order valence-corrected chi connectivity index (χ4v) is 2.55. The Morgan fingerprint density at radius 2 is 1.70 bits per heavy atom. The van der Waals surface area contributed by atoms with E-state index in [0.29, 0.717) is 23.6 Å². The predicted molar refractivity (Wildman–Crippen MR) is 79.5 cm³/mol. The summed E-state index contributed by atoms with van der Waals surface area (Å²) in [6.45, 7) is 0. The van der Waals surface area contributed by atoms with Crippen molar-refractivity contribution in [2.24, 2.45) is 11.8 Å². The fourth-order valence-electron chi connectivity index (χ4n) is 2.37. The first kappa shape index (κ1) is 14.6. The quantitative estimate of drug-likeness (QED) is 0.841. The van der Waals surface area contributed by atoms with E-state index >= 15 is 0 Å². The van der Waals surface area contributed by atoms with Crippen molar-refractivity contribution in [1.29, 1.82) is 0 Å². The molecule has 0 radical (unpaired) electrons. The zero-order valence-corrected chi connectivity index (χ0v) is 12.0. The Morgan fingerprint density at radius 3 is 2.30 bits per heavy atom. The number of nitrogens with one attached hydrogen (secondary N) is 2. The molecule has 0 saturated carbocycles. The van der Waals surface area contributed by atoms with Gasteiger partial charge in [-0.3, -0.25) is 9.59 Å². The van der Waals surface area contributed by atoms with Gasteiger partial charge in [-0.05, 0) is 25.0 Å². The van der Waals surface area contributed by atoms with Crippen LogP contribution in [0.1, 0.15) is 12.8 Å². The Hall–Kier alpha value is -1.81. The van der Waals surface area contributed by atoms with Crippen molar-refractivity contribution in [3.05, 3.63) is 41.4 Å². The van der Waals surface area contributed by atoms with Crippen molar-refractivity contribution in [2.75, 3.05) is 12.4 Å².